The zero-order chi connectivity index (χ0) is 26.5. The summed E-state index contributed by atoms with van der Waals surface area (Å²) in [7, 11) is 2.17. The fourth-order valence-corrected chi connectivity index (χ4v) is 5.10. The minimum Gasteiger partial charge on any atom is -0.494 e. The van der Waals surface area contributed by atoms with E-state index in [0.29, 0.717) is 23.5 Å². The fraction of sp³-hybridized carbons (Fsp3) is 0.323. The molecule has 1 saturated heterocycles. The van der Waals surface area contributed by atoms with Crippen molar-refractivity contribution in [2.75, 3.05) is 26.7 Å². The highest BCUT2D eigenvalue weighted by molar-refractivity contribution is 5.83. The molecular weight excluding hydrogens is 487 g/mol. The zero-order valence-electron chi connectivity index (χ0n) is 21.5. The fourth-order valence-electron chi connectivity index (χ4n) is 5.10. The molecule has 0 bridgehead atoms. The molecule has 0 radical (unpaired) electrons. The van der Waals surface area contributed by atoms with Crippen LogP contribution in [-0.2, 0) is 6.18 Å². The standard InChI is InChI=1S/C31H32F3N3O/c1-37-18-16-22(17-19-37)9-8-20-38-25-14-15-26(27(21-25)23-10-4-2-5-11-23)30-35-28(24-12-6-3-7-13-24)29(36-30)31(32,33)34/h2-7,10-15,21-22H,8-9,16-20H2,1H3,(H,35,36). The Balaban J connectivity index is 1.42. The molecule has 7 heteroatoms. The average molecular weight is 520 g/mol. The van der Waals surface area contributed by atoms with Gasteiger partial charge in [-0.25, -0.2) is 4.98 Å². The molecule has 0 atom stereocenters. The van der Waals surface area contributed by atoms with E-state index in [0.717, 1.165) is 43.0 Å². The summed E-state index contributed by atoms with van der Waals surface area (Å²) < 4.78 is 48.1. The summed E-state index contributed by atoms with van der Waals surface area (Å²) in [6.07, 6.45) is 0.0195. The molecule has 0 saturated carbocycles. The number of ether oxygens (including phenoxy) is 1. The van der Waals surface area contributed by atoms with Gasteiger partial charge in [0.25, 0.3) is 0 Å². The van der Waals surface area contributed by atoms with E-state index in [9.17, 15) is 13.2 Å². The number of halogens is 3. The SMILES string of the molecule is CN1CCC(CCCOc2ccc(-c3nc(-c4ccccc4)c(C(F)(F)F)[nH]3)c(-c3ccccc3)c2)CC1. The lowest BCUT2D eigenvalue weighted by atomic mass is 9.93. The molecule has 1 N–H and O–H groups in total. The van der Waals surface area contributed by atoms with Gasteiger partial charge in [0.1, 0.15) is 23.0 Å². The van der Waals surface area contributed by atoms with E-state index < -0.39 is 11.9 Å². The normalized spacial score (nSPS) is 15.1. The summed E-state index contributed by atoms with van der Waals surface area (Å²) in [5, 5.41) is 0. The molecule has 5 rings (SSSR count). The quantitative estimate of drug-likeness (QED) is 0.240. The van der Waals surface area contributed by atoms with Gasteiger partial charge >= 0.3 is 6.18 Å². The van der Waals surface area contributed by atoms with Gasteiger partial charge in [0.15, 0.2) is 0 Å². The van der Waals surface area contributed by atoms with Gasteiger partial charge in [-0.15, -0.1) is 0 Å². The summed E-state index contributed by atoms with van der Waals surface area (Å²) in [6, 6.07) is 23.6. The van der Waals surface area contributed by atoms with Crippen molar-refractivity contribution in [2.24, 2.45) is 5.92 Å². The Morgan fingerprint density at radius 2 is 1.55 bits per heavy atom. The number of alkyl halides is 3. The number of hydrogen-bond acceptors (Lipinski definition) is 3. The first-order chi connectivity index (χ1) is 18.4. The maximum absolute atomic E-state index is 14.0. The second-order valence-electron chi connectivity index (χ2n) is 9.98. The van der Waals surface area contributed by atoms with Crippen molar-refractivity contribution in [3.05, 3.63) is 84.6 Å². The minimum atomic E-state index is -4.57. The Morgan fingerprint density at radius 1 is 0.895 bits per heavy atom. The molecule has 1 aliphatic rings. The van der Waals surface area contributed by atoms with Gasteiger partial charge in [0.05, 0.1) is 6.61 Å². The van der Waals surface area contributed by atoms with Crippen molar-refractivity contribution in [2.45, 2.75) is 31.9 Å². The Labute approximate surface area is 221 Å². The number of benzene rings is 3. The smallest absolute Gasteiger partial charge is 0.433 e. The monoisotopic (exact) mass is 519 g/mol. The second kappa shape index (κ2) is 11.4. The van der Waals surface area contributed by atoms with Crippen LogP contribution < -0.4 is 4.74 Å². The summed E-state index contributed by atoms with van der Waals surface area (Å²) in [5.41, 5.74) is 1.68. The molecule has 0 aliphatic carbocycles. The third-order valence-electron chi connectivity index (χ3n) is 7.23. The lowest BCUT2D eigenvalue weighted by Crippen LogP contribution is -2.30. The third kappa shape index (κ3) is 6.10. The zero-order valence-corrected chi connectivity index (χ0v) is 21.5. The van der Waals surface area contributed by atoms with Crippen molar-refractivity contribution < 1.29 is 17.9 Å². The Bertz CT molecular complexity index is 1330. The van der Waals surface area contributed by atoms with Gasteiger partial charge in [-0.3, -0.25) is 0 Å². The lowest BCUT2D eigenvalue weighted by molar-refractivity contribution is -0.140. The van der Waals surface area contributed by atoms with Gasteiger partial charge in [-0.05, 0) is 81.1 Å². The van der Waals surface area contributed by atoms with Crippen LogP contribution in [0.1, 0.15) is 31.4 Å². The van der Waals surface area contributed by atoms with E-state index in [1.807, 2.05) is 42.5 Å². The molecule has 0 unspecified atom stereocenters. The van der Waals surface area contributed by atoms with Crippen molar-refractivity contribution in [1.82, 2.24) is 14.9 Å². The number of nitrogens with one attached hydrogen (secondary N) is 1. The van der Waals surface area contributed by atoms with Crippen LogP contribution >= 0.6 is 0 Å². The van der Waals surface area contributed by atoms with E-state index in [1.165, 1.54) is 12.8 Å². The molecule has 2 heterocycles. The van der Waals surface area contributed by atoms with Crippen molar-refractivity contribution >= 4 is 0 Å². The van der Waals surface area contributed by atoms with Crippen LogP contribution in [-0.4, -0.2) is 41.6 Å². The minimum absolute atomic E-state index is 0.110. The molecule has 0 amide bonds. The highest BCUT2D eigenvalue weighted by atomic mass is 19.4. The number of likely N-dealkylation sites (tertiary alicyclic amines) is 1. The molecule has 0 spiro atoms. The van der Waals surface area contributed by atoms with Crippen LogP contribution in [0.25, 0.3) is 33.8 Å². The third-order valence-corrected chi connectivity index (χ3v) is 7.23. The molecule has 1 fully saturated rings. The van der Waals surface area contributed by atoms with Crippen molar-refractivity contribution in [3.63, 3.8) is 0 Å². The number of H-pyrrole nitrogens is 1. The topological polar surface area (TPSA) is 41.1 Å². The van der Waals surface area contributed by atoms with Gasteiger partial charge in [0.2, 0.25) is 0 Å². The first-order valence-corrected chi connectivity index (χ1v) is 13.1. The first-order valence-electron chi connectivity index (χ1n) is 13.1. The molecule has 3 aromatic carbocycles. The number of nitrogens with zero attached hydrogens (tertiary/aromatic N) is 2. The summed E-state index contributed by atoms with van der Waals surface area (Å²) in [5.74, 6) is 1.61. The van der Waals surface area contributed by atoms with Crippen LogP contribution in [0.4, 0.5) is 13.2 Å². The van der Waals surface area contributed by atoms with Gasteiger partial charge in [0, 0.05) is 11.1 Å². The number of piperidine rings is 1. The van der Waals surface area contributed by atoms with Crippen LogP contribution in [0, 0.1) is 5.92 Å². The van der Waals surface area contributed by atoms with Crippen LogP contribution in [0.15, 0.2) is 78.9 Å². The summed E-state index contributed by atoms with van der Waals surface area (Å²) in [4.78, 5) is 9.40. The van der Waals surface area contributed by atoms with Crippen LogP contribution in [0.2, 0.25) is 0 Å². The van der Waals surface area contributed by atoms with E-state index in [1.54, 1.807) is 36.4 Å². The Morgan fingerprint density at radius 3 is 2.21 bits per heavy atom. The van der Waals surface area contributed by atoms with E-state index in [-0.39, 0.29) is 11.5 Å². The summed E-state index contributed by atoms with van der Waals surface area (Å²) in [6.45, 7) is 2.92. The van der Waals surface area contributed by atoms with Gasteiger partial charge in [-0.2, -0.15) is 13.2 Å². The Hall–Kier alpha value is -3.58. The lowest BCUT2D eigenvalue weighted by Gasteiger charge is -2.28. The largest absolute Gasteiger partial charge is 0.494 e. The second-order valence-corrected chi connectivity index (χ2v) is 9.98. The van der Waals surface area contributed by atoms with E-state index in [4.69, 9.17) is 4.74 Å². The molecule has 4 aromatic rings. The van der Waals surface area contributed by atoms with Crippen LogP contribution in [0.5, 0.6) is 5.75 Å². The number of imidazole rings is 1. The highest BCUT2D eigenvalue weighted by Crippen LogP contribution is 2.40. The first kappa shape index (κ1) is 26.0. The van der Waals surface area contributed by atoms with Crippen molar-refractivity contribution in [1.29, 1.82) is 0 Å². The average Bonchev–Trinajstić information content (AvgIpc) is 3.39. The molecule has 4 nitrogen and oxygen atoms in total. The van der Waals surface area contributed by atoms with Crippen molar-refractivity contribution in [3.8, 4) is 39.5 Å². The maximum Gasteiger partial charge on any atom is 0.433 e. The number of aromatic amines is 1. The molecule has 1 aromatic heterocycles. The van der Waals surface area contributed by atoms with Gasteiger partial charge in [-0.1, -0.05) is 60.7 Å². The van der Waals surface area contributed by atoms with Gasteiger partial charge < -0.3 is 14.6 Å². The molecule has 1 aliphatic heterocycles. The molecule has 198 valence electrons. The highest BCUT2D eigenvalue weighted by Gasteiger charge is 2.37. The predicted octanol–water partition coefficient (Wildman–Crippen LogP) is 7.93. The molecule has 38 heavy (non-hydrogen) atoms. The molecular formula is C31H32F3N3O. The summed E-state index contributed by atoms with van der Waals surface area (Å²) >= 11 is 0. The number of hydrogen-bond donors (Lipinski definition) is 1. The van der Waals surface area contributed by atoms with Crippen LogP contribution in [0.3, 0.4) is 0 Å². The number of rotatable bonds is 8. The Kier molecular flexibility index (Phi) is 7.84. The van der Waals surface area contributed by atoms with E-state index >= 15 is 0 Å². The maximum atomic E-state index is 14.0. The predicted molar refractivity (Wildman–Crippen MR) is 145 cm³/mol. The van der Waals surface area contributed by atoms with E-state index in [2.05, 4.69) is 21.9 Å². The number of aromatic nitrogens is 2.